The topological polar surface area (TPSA) is 96.9 Å². The second-order valence-electron chi connectivity index (χ2n) is 8.69. The van der Waals surface area contributed by atoms with Crippen molar-refractivity contribution in [3.05, 3.63) is 82.9 Å². The van der Waals surface area contributed by atoms with Crippen molar-refractivity contribution < 1.29 is 37.3 Å². The zero-order valence-corrected chi connectivity index (χ0v) is 21.9. The van der Waals surface area contributed by atoms with Gasteiger partial charge in [-0.1, -0.05) is 43.3 Å². The van der Waals surface area contributed by atoms with E-state index in [2.05, 4.69) is 10.6 Å². The number of benzene rings is 3. The minimum atomic E-state index is -4.50. The maximum atomic E-state index is 13.2. The van der Waals surface area contributed by atoms with Crippen molar-refractivity contribution >= 4 is 12.0 Å². The van der Waals surface area contributed by atoms with Gasteiger partial charge in [0.2, 0.25) is 0 Å². The smallest absolute Gasteiger partial charge is 0.416 e. The van der Waals surface area contributed by atoms with Crippen LogP contribution in [0.1, 0.15) is 48.6 Å². The van der Waals surface area contributed by atoms with Gasteiger partial charge in [-0.3, -0.25) is 4.79 Å². The molecule has 0 spiro atoms. The summed E-state index contributed by atoms with van der Waals surface area (Å²) in [5, 5.41) is 15.6. The minimum Gasteiger partial charge on any atom is -0.508 e. The van der Waals surface area contributed by atoms with Crippen molar-refractivity contribution in [3.63, 3.8) is 0 Å². The highest BCUT2D eigenvalue weighted by molar-refractivity contribution is 5.81. The fraction of sp³-hybridized carbons (Fsp3) is 0.310. The Balaban J connectivity index is 2.04. The quantitative estimate of drug-likeness (QED) is 0.266. The van der Waals surface area contributed by atoms with Crippen LogP contribution in [0.4, 0.5) is 18.0 Å². The molecule has 3 rings (SSSR count). The standard InChI is InChI=1S/C29H31F3N2O5/c1-4-22(34-28(37)33-17-20-8-6-7-9-23(20)35)26-19(16-25(36)39-5-2)12-15-24(38-3)27(26)18-10-13-21(14-11-18)29(30,31)32/h6-15,22,35H,4-5,16-17H2,1-3H3,(H2,33,34,37). The second kappa shape index (κ2) is 13.0. The summed E-state index contributed by atoms with van der Waals surface area (Å²) in [5.74, 6) is -0.0765. The Morgan fingerprint density at radius 1 is 0.974 bits per heavy atom. The summed E-state index contributed by atoms with van der Waals surface area (Å²) in [5.41, 5.74) is 1.68. The number of halogens is 3. The van der Waals surface area contributed by atoms with E-state index in [9.17, 15) is 27.9 Å². The number of ether oxygens (including phenoxy) is 2. The predicted molar refractivity (Wildman–Crippen MR) is 140 cm³/mol. The van der Waals surface area contributed by atoms with Crippen LogP contribution in [0.5, 0.6) is 11.5 Å². The molecule has 0 aromatic heterocycles. The van der Waals surface area contributed by atoms with Gasteiger partial charge in [-0.25, -0.2) is 4.79 Å². The molecule has 2 amide bonds. The maximum absolute atomic E-state index is 13.2. The van der Waals surface area contributed by atoms with E-state index in [1.54, 1.807) is 37.3 Å². The molecule has 0 fully saturated rings. The number of carbonyl (C=O) groups is 2. The lowest BCUT2D eigenvalue weighted by Crippen LogP contribution is -2.38. The number of urea groups is 1. The summed E-state index contributed by atoms with van der Waals surface area (Å²) in [6, 6.07) is 13.4. The Bertz CT molecular complexity index is 1290. The second-order valence-corrected chi connectivity index (χ2v) is 8.69. The molecule has 1 unspecified atom stereocenters. The van der Waals surface area contributed by atoms with Gasteiger partial charge < -0.3 is 25.2 Å². The number of amides is 2. The Morgan fingerprint density at radius 2 is 1.67 bits per heavy atom. The number of methoxy groups -OCH3 is 1. The highest BCUT2D eigenvalue weighted by Gasteiger charge is 2.31. The van der Waals surface area contributed by atoms with Crippen LogP contribution < -0.4 is 15.4 Å². The van der Waals surface area contributed by atoms with Crippen LogP contribution in [0.3, 0.4) is 0 Å². The van der Waals surface area contributed by atoms with Gasteiger partial charge in [0, 0.05) is 17.7 Å². The van der Waals surface area contributed by atoms with E-state index in [1.807, 2.05) is 6.92 Å². The number of hydrogen-bond acceptors (Lipinski definition) is 5. The van der Waals surface area contributed by atoms with Gasteiger partial charge in [0.25, 0.3) is 0 Å². The minimum absolute atomic E-state index is 0.0407. The summed E-state index contributed by atoms with van der Waals surface area (Å²) in [4.78, 5) is 25.4. The van der Waals surface area contributed by atoms with Crippen molar-refractivity contribution in [1.29, 1.82) is 0 Å². The monoisotopic (exact) mass is 544 g/mol. The first kappa shape index (κ1) is 29.3. The first-order chi connectivity index (χ1) is 18.6. The molecule has 10 heteroatoms. The van der Waals surface area contributed by atoms with Crippen molar-refractivity contribution in [2.24, 2.45) is 0 Å². The largest absolute Gasteiger partial charge is 0.508 e. The number of aromatic hydroxyl groups is 1. The number of nitrogens with one attached hydrogen (secondary N) is 2. The molecule has 0 heterocycles. The van der Waals surface area contributed by atoms with Crippen LogP contribution in [0.15, 0.2) is 60.7 Å². The maximum Gasteiger partial charge on any atom is 0.416 e. The van der Waals surface area contributed by atoms with Gasteiger partial charge in [-0.15, -0.1) is 0 Å². The molecular formula is C29H31F3N2O5. The van der Waals surface area contributed by atoms with Crippen LogP contribution in [-0.4, -0.2) is 30.8 Å². The van der Waals surface area contributed by atoms with E-state index in [0.717, 1.165) is 12.1 Å². The van der Waals surface area contributed by atoms with Crippen LogP contribution in [-0.2, 0) is 28.7 Å². The van der Waals surface area contributed by atoms with Gasteiger partial charge in [-0.05, 0) is 54.3 Å². The Hall–Kier alpha value is -4.21. The molecule has 0 aliphatic rings. The Morgan fingerprint density at radius 3 is 2.26 bits per heavy atom. The molecular weight excluding hydrogens is 513 g/mol. The summed E-state index contributed by atoms with van der Waals surface area (Å²) in [6.45, 7) is 3.76. The molecule has 1 atom stereocenters. The van der Waals surface area contributed by atoms with Crippen LogP contribution >= 0.6 is 0 Å². The third-order valence-corrected chi connectivity index (χ3v) is 6.15. The number of esters is 1. The molecule has 0 aliphatic carbocycles. The Labute approximate surface area is 225 Å². The van der Waals surface area contributed by atoms with Crippen molar-refractivity contribution in [1.82, 2.24) is 10.6 Å². The van der Waals surface area contributed by atoms with E-state index >= 15 is 0 Å². The van der Waals surface area contributed by atoms with Crippen molar-refractivity contribution in [3.8, 4) is 22.6 Å². The molecule has 0 saturated carbocycles. The average Bonchev–Trinajstić information content (AvgIpc) is 2.91. The number of phenolic OH excluding ortho intramolecular Hbond substituents is 1. The van der Waals surface area contributed by atoms with E-state index in [1.165, 1.54) is 25.3 Å². The summed E-state index contributed by atoms with van der Waals surface area (Å²) in [7, 11) is 1.44. The lowest BCUT2D eigenvalue weighted by Gasteiger charge is -2.26. The molecule has 0 radical (unpaired) electrons. The van der Waals surface area contributed by atoms with E-state index < -0.39 is 29.8 Å². The third kappa shape index (κ3) is 7.43. The first-order valence-electron chi connectivity index (χ1n) is 12.4. The fourth-order valence-corrected chi connectivity index (χ4v) is 4.28. The number of hydrogen-bond donors (Lipinski definition) is 3. The van der Waals surface area contributed by atoms with E-state index in [0.29, 0.717) is 40.0 Å². The molecule has 208 valence electrons. The highest BCUT2D eigenvalue weighted by Crippen LogP contribution is 2.41. The number of rotatable bonds is 10. The lowest BCUT2D eigenvalue weighted by atomic mass is 9.87. The highest BCUT2D eigenvalue weighted by atomic mass is 19.4. The van der Waals surface area contributed by atoms with Crippen molar-refractivity contribution in [2.75, 3.05) is 13.7 Å². The molecule has 7 nitrogen and oxygen atoms in total. The number of carbonyl (C=O) groups excluding carboxylic acids is 2. The van der Waals surface area contributed by atoms with Gasteiger partial charge in [0.05, 0.1) is 31.7 Å². The average molecular weight is 545 g/mol. The van der Waals surface area contributed by atoms with Crippen LogP contribution in [0, 0.1) is 0 Å². The van der Waals surface area contributed by atoms with Gasteiger partial charge in [0.1, 0.15) is 11.5 Å². The fourth-order valence-electron chi connectivity index (χ4n) is 4.28. The third-order valence-electron chi connectivity index (χ3n) is 6.15. The van der Waals surface area contributed by atoms with Gasteiger partial charge in [-0.2, -0.15) is 13.2 Å². The zero-order valence-electron chi connectivity index (χ0n) is 21.9. The molecule has 3 N–H and O–H groups in total. The number of alkyl halides is 3. The van der Waals surface area contributed by atoms with Gasteiger partial charge in [0.15, 0.2) is 0 Å². The molecule has 3 aromatic carbocycles. The molecule has 39 heavy (non-hydrogen) atoms. The normalized spacial score (nSPS) is 11.9. The Kier molecular flexibility index (Phi) is 9.81. The molecule has 0 saturated heterocycles. The SMILES string of the molecule is CCOC(=O)Cc1ccc(OC)c(-c2ccc(C(F)(F)F)cc2)c1C(CC)NC(=O)NCc1ccccc1O. The summed E-state index contributed by atoms with van der Waals surface area (Å²) >= 11 is 0. The lowest BCUT2D eigenvalue weighted by molar-refractivity contribution is -0.142. The van der Waals surface area contributed by atoms with Crippen LogP contribution in [0.25, 0.3) is 11.1 Å². The van der Waals surface area contributed by atoms with E-state index in [4.69, 9.17) is 9.47 Å². The van der Waals surface area contributed by atoms with Gasteiger partial charge >= 0.3 is 18.2 Å². The van der Waals surface area contributed by atoms with Crippen LogP contribution in [0.2, 0.25) is 0 Å². The summed E-state index contributed by atoms with van der Waals surface area (Å²) in [6.07, 6.45) is -4.23. The predicted octanol–water partition coefficient (Wildman–Crippen LogP) is 6.14. The number of para-hydroxylation sites is 1. The first-order valence-corrected chi connectivity index (χ1v) is 12.4. The van der Waals surface area contributed by atoms with Crippen molar-refractivity contribution in [2.45, 2.75) is 45.5 Å². The molecule has 0 aliphatic heterocycles. The molecule has 0 bridgehead atoms. The molecule has 3 aromatic rings. The van der Waals surface area contributed by atoms with E-state index in [-0.39, 0.29) is 25.3 Å². The summed E-state index contributed by atoms with van der Waals surface area (Å²) < 4.78 is 50.4. The zero-order chi connectivity index (χ0) is 28.6. The number of phenols is 1.